The van der Waals surface area contributed by atoms with E-state index >= 15 is 0 Å². The van der Waals surface area contributed by atoms with Crippen LogP contribution >= 0.6 is 0 Å². The van der Waals surface area contributed by atoms with Crippen molar-refractivity contribution < 1.29 is 4.79 Å². The third-order valence-electron chi connectivity index (χ3n) is 4.10. The van der Waals surface area contributed by atoms with Crippen LogP contribution in [0.3, 0.4) is 0 Å². The Bertz CT molecular complexity index is 817. The standard InChI is InChI=1S/C20H23N3O/c1-3-12-22(13-4-2)20(24)16-10-11-19-18(14-16)21-15-23(19)17-8-6-5-7-9-17/h5-11,14-15H,3-4,12-13H2,1-2H3. The topological polar surface area (TPSA) is 38.1 Å². The van der Waals surface area contributed by atoms with Crippen LogP contribution in [0.15, 0.2) is 54.9 Å². The minimum absolute atomic E-state index is 0.0925. The van der Waals surface area contributed by atoms with Crippen LogP contribution in [0.5, 0.6) is 0 Å². The molecule has 3 aromatic rings. The number of para-hydroxylation sites is 1. The minimum atomic E-state index is 0.0925. The monoisotopic (exact) mass is 321 g/mol. The number of nitrogens with zero attached hydrogens (tertiary/aromatic N) is 3. The van der Waals surface area contributed by atoms with Gasteiger partial charge in [0.2, 0.25) is 0 Å². The van der Waals surface area contributed by atoms with Gasteiger partial charge in [-0.25, -0.2) is 4.98 Å². The first-order chi connectivity index (χ1) is 11.7. The summed E-state index contributed by atoms with van der Waals surface area (Å²) in [7, 11) is 0. The Kier molecular flexibility index (Phi) is 4.94. The highest BCUT2D eigenvalue weighted by molar-refractivity contribution is 5.97. The van der Waals surface area contributed by atoms with Crippen molar-refractivity contribution in [3.63, 3.8) is 0 Å². The van der Waals surface area contributed by atoms with Crippen molar-refractivity contribution in [3.8, 4) is 5.69 Å². The lowest BCUT2D eigenvalue weighted by atomic mass is 10.1. The molecule has 0 atom stereocenters. The summed E-state index contributed by atoms with van der Waals surface area (Å²) in [6.07, 6.45) is 3.75. The maximum absolute atomic E-state index is 12.7. The number of aromatic nitrogens is 2. The smallest absolute Gasteiger partial charge is 0.253 e. The zero-order valence-electron chi connectivity index (χ0n) is 14.3. The van der Waals surface area contributed by atoms with Crippen molar-refractivity contribution >= 4 is 16.9 Å². The van der Waals surface area contributed by atoms with E-state index in [1.165, 1.54) is 0 Å². The molecule has 0 saturated carbocycles. The molecule has 4 heteroatoms. The van der Waals surface area contributed by atoms with Crippen LogP contribution in [0.4, 0.5) is 0 Å². The molecule has 0 aliphatic heterocycles. The number of hydrogen-bond donors (Lipinski definition) is 0. The largest absolute Gasteiger partial charge is 0.339 e. The molecule has 1 aromatic heterocycles. The van der Waals surface area contributed by atoms with Crippen molar-refractivity contribution in [3.05, 3.63) is 60.4 Å². The Morgan fingerprint density at radius 1 is 1.04 bits per heavy atom. The molecule has 0 aliphatic rings. The number of carbonyl (C=O) groups excluding carboxylic acids is 1. The fourth-order valence-electron chi connectivity index (χ4n) is 2.98. The van der Waals surface area contributed by atoms with Gasteiger partial charge in [-0.3, -0.25) is 9.36 Å². The van der Waals surface area contributed by atoms with Gasteiger partial charge in [0, 0.05) is 24.3 Å². The lowest BCUT2D eigenvalue weighted by Crippen LogP contribution is -2.32. The highest BCUT2D eigenvalue weighted by Gasteiger charge is 2.15. The van der Waals surface area contributed by atoms with Crippen molar-refractivity contribution in [2.45, 2.75) is 26.7 Å². The highest BCUT2D eigenvalue weighted by Crippen LogP contribution is 2.20. The molecule has 0 saturated heterocycles. The summed E-state index contributed by atoms with van der Waals surface area (Å²) in [6, 6.07) is 15.9. The fourth-order valence-corrected chi connectivity index (χ4v) is 2.98. The van der Waals surface area contributed by atoms with E-state index in [0.717, 1.165) is 42.7 Å². The van der Waals surface area contributed by atoms with Crippen LogP contribution in [0.2, 0.25) is 0 Å². The molecule has 0 fully saturated rings. The van der Waals surface area contributed by atoms with E-state index in [2.05, 4.69) is 18.8 Å². The average Bonchev–Trinajstić information content (AvgIpc) is 3.05. The van der Waals surface area contributed by atoms with E-state index in [0.29, 0.717) is 5.56 Å². The van der Waals surface area contributed by atoms with Crippen LogP contribution in [-0.4, -0.2) is 33.4 Å². The lowest BCUT2D eigenvalue weighted by Gasteiger charge is -2.21. The number of benzene rings is 2. The van der Waals surface area contributed by atoms with E-state index in [4.69, 9.17) is 0 Å². The Labute approximate surface area is 142 Å². The molecular weight excluding hydrogens is 298 g/mol. The van der Waals surface area contributed by atoms with Gasteiger partial charge in [-0.1, -0.05) is 32.0 Å². The first kappa shape index (κ1) is 16.2. The number of rotatable bonds is 6. The number of carbonyl (C=O) groups is 1. The Morgan fingerprint density at radius 3 is 2.42 bits per heavy atom. The Hall–Kier alpha value is -2.62. The molecular formula is C20H23N3O. The Morgan fingerprint density at radius 2 is 1.75 bits per heavy atom. The molecule has 1 amide bonds. The average molecular weight is 321 g/mol. The van der Waals surface area contributed by atoms with Crippen LogP contribution in [0, 0.1) is 0 Å². The van der Waals surface area contributed by atoms with Gasteiger partial charge in [0.1, 0.15) is 6.33 Å². The normalized spacial score (nSPS) is 10.9. The number of amides is 1. The number of hydrogen-bond acceptors (Lipinski definition) is 2. The zero-order chi connectivity index (χ0) is 16.9. The predicted octanol–water partition coefficient (Wildman–Crippen LogP) is 4.29. The molecule has 2 aromatic carbocycles. The molecule has 0 spiro atoms. The Balaban J connectivity index is 1.94. The fraction of sp³-hybridized carbons (Fsp3) is 0.300. The summed E-state index contributed by atoms with van der Waals surface area (Å²) in [6.45, 7) is 5.79. The van der Waals surface area contributed by atoms with E-state index < -0.39 is 0 Å². The lowest BCUT2D eigenvalue weighted by molar-refractivity contribution is 0.0755. The summed E-state index contributed by atoms with van der Waals surface area (Å²) >= 11 is 0. The molecule has 0 N–H and O–H groups in total. The van der Waals surface area contributed by atoms with Crippen LogP contribution in [0.25, 0.3) is 16.7 Å². The van der Waals surface area contributed by atoms with Crippen LogP contribution in [-0.2, 0) is 0 Å². The maximum Gasteiger partial charge on any atom is 0.253 e. The molecule has 24 heavy (non-hydrogen) atoms. The predicted molar refractivity (Wildman–Crippen MR) is 97.6 cm³/mol. The zero-order valence-corrected chi connectivity index (χ0v) is 14.3. The summed E-state index contributed by atoms with van der Waals surface area (Å²) < 4.78 is 2.04. The molecule has 124 valence electrons. The van der Waals surface area contributed by atoms with Gasteiger partial charge in [-0.05, 0) is 43.2 Å². The van der Waals surface area contributed by atoms with Crippen LogP contribution in [0.1, 0.15) is 37.0 Å². The third-order valence-corrected chi connectivity index (χ3v) is 4.10. The molecule has 0 aliphatic carbocycles. The summed E-state index contributed by atoms with van der Waals surface area (Å²) in [5, 5.41) is 0. The van der Waals surface area contributed by atoms with Crippen molar-refractivity contribution in [2.75, 3.05) is 13.1 Å². The molecule has 3 rings (SSSR count). The number of fused-ring (bicyclic) bond motifs is 1. The van der Waals surface area contributed by atoms with Gasteiger partial charge in [0.15, 0.2) is 0 Å². The number of imidazole rings is 1. The van der Waals surface area contributed by atoms with E-state index in [1.807, 2.05) is 64.3 Å². The van der Waals surface area contributed by atoms with E-state index in [9.17, 15) is 4.79 Å². The van der Waals surface area contributed by atoms with Gasteiger partial charge in [-0.2, -0.15) is 0 Å². The van der Waals surface area contributed by atoms with Crippen molar-refractivity contribution in [1.82, 2.24) is 14.5 Å². The maximum atomic E-state index is 12.7. The SMILES string of the molecule is CCCN(CCC)C(=O)c1ccc2c(c1)ncn2-c1ccccc1. The second-order valence-electron chi connectivity index (χ2n) is 5.95. The van der Waals surface area contributed by atoms with Gasteiger partial charge < -0.3 is 4.90 Å². The van der Waals surface area contributed by atoms with Gasteiger partial charge in [0.25, 0.3) is 5.91 Å². The third kappa shape index (κ3) is 3.18. The molecule has 0 bridgehead atoms. The minimum Gasteiger partial charge on any atom is -0.339 e. The van der Waals surface area contributed by atoms with E-state index in [1.54, 1.807) is 0 Å². The molecule has 4 nitrogen and oxygen atoms in total. The molecule has 0 radical (unpaired) electrons. The highest BCUT2D eigenvalue weighted by atomic mass is 16.2. The summed E-state index contributed by atoms with van der Waals surface area (Å²) in [5.41, 5.74) is 3.63. The quantitative estimate of drug-likeness (QED) is 0.679. The first-order valence-electron chi connectivity index (χ1n) is 8.56. The second kappa shape index (κ2) is 7.30. The summed E-state index contributed by atoms with van der Waals surface area (Å²) in [5.74, 6) is 0.0925. The molecule has 0 unspecified atom stereocenters. The van der Waals surface area contributed by atoms with Gasteiger partial charge in [-0.15, -0.1) is 0 Å². The van der Waals surface area contributed by atoms with Crippen molar-refractivity contribution in [1.29, 1.82) is 0 Å². The van der Waals surface area contributed by atoms with Gasteiger partial charge >= 0.3 is 0 Å². The molecule has 1 heterocycles. The van der Waals surface area contributed by atoms with E-state index in [-0.39, 0.29) is 5.91 Å². The van der Waals surface area contributed by atoms with Crippen molar-refractivity contribution in [2.24, 2.45) is 0 Å². The second-order valence-corrected chi connectivity index (χ2v) is 5.95. The van der Waals surface area contributed by atoms with Crippen LogP contribution < -0.4 is 0 Å². The van der Waals surface area contributed by atoms with Gasteiger partial charge in [0.05, 0.1) is 11.0 Å². The summed E-state index contributed by atoms with van der Waals surface area (Å²) in [4.78, 5) is 19.1. The first-order valence-corrected chi connectivity index (χ1v) is 8.56.